The van der Waals surface area contributed by atoms with Crippen LogP contribution in [-0.2, 0) is 6.54 Å². The van der Waals surface area contributed by atoms with E-state index in [2.05, 4.69) is 30.9 Å². The highest BCUT2D eigenvalue weighted by Gasteiger charge is 2.17. The summed E-state index contributed by atoms with van der Waals surface area (Å²) in [5, 5.41) is 15.4. The number of nitrogen functional groups attached to an aromatic ring is 1. The number of hydrogen-bond acceptors (Lipinski definition) is 8. The van der Waals surface area contributed by atoms with E-state index >= 15 is 0 Å². The Hall–Kier alpha value is -2.65. The van der Waals surface area contributed by atoms with Crippen LogP contribution in [0.4, 0.5) is 17.5 Å². The van der Waals surface area contributed by atoms with Crippen LogP contribution in [0.5, 0.6) is 0 Å². The molecule has 0 fully saturated rings. The fraction of sp³-hybridized carbons (Fsp3) is 0.412. The third kappa shape index (κ3) is 4.20. The zero-order chi connectivity index (χ0) is 19.6. The topological polar surface area (TPSA) is 133 Å². The van der Waals surface area contributed by atoms with E-state index in [0.29, 0.717) is 46.7 Å². The largest absolute Gasteiger partial charge is 0.398 e. The van der Waals surface area contributed by atoms with Gasteiger partial charge in [0, 0.05) is 35.4 Å². The number of nitrogens with two attached hydrogens (primary N) is 2. The number of halogens is 1. The van der Waals surface area contributed by atoms with Gasteiger partial charge in [0.2, 0.25) is 5.95 Å². The predicted octanol–water partition coefficient (Wildman–Crippen LogP) is 2.41. The Balaban J connectivity index is 1.97. The number of anilines is 3. The molecule has 3 rings (SSSR count). The monoisotopic (exact) mass is 389 g/mol. The lowest BCUT2D eigenvalue weighted by molar-refractivity contribution is 0.526. The van der Waals surface area contributed by atoms with E-state index in [9.17, 15) is 0 Å². The molecule has 0 aliphatic rings. The molecule has 2 aromatic heterocycles. The van der Waals surface area contributed by atoms with E-state index in [0.717, 1.165) is 5.56 Å². The minimum Gasteiger partial charge on any atom is -0.398 e. The van der Waals surface area contributed by atoms with Gasteiger partial charge in [0.25, 0.3) is 0 Å². The molecule has 1 aromatic carbocycles. The van der Waals surface area contributed by atoms with Gasteiger partial charge in [-0.1, -0.05) is 22.9 Å². The highest BCUT2D eigenvalue weighted by atomic mass is 35.5. The summed E-state index contributed by atoms with van der Waals surface area (Å²) in [7, 11) is 0. The van der Waals surface area contributed by atoms with Crippen molar-refractivity contribution in [3.8, 4) is 0 Å². The fourth-order valence-electron chi connectivity index (χ4n) is 2.57. The molecular weight excluding hydrogens is 366 g/mol. The Labute approximate surface area is 162 Å². The van der Waals surface area contributed by atoms with Crippen molar-refractivity contribution < 1.29 is 0 Å². The second-order valence-electron chi connectivity index (χ2n) is 6.72. The highest BCUT2D eigenvalue weighted by molar-refractivity contribution is 6.31. The first-order valence-corrected chi connectivity index (χ1v) is 9.13. The van der Waals surface area contributed by atoms with Crippen molar-refractivity contribution in [2.45, 2.75) is 39.4 Å². The Morgan fingerprint density at radius 3 is 2.63 bits per heavy atom. The molecule has 27 heavy (non-hydrogen) atoms. The summed E-state index contributed by atoms with van der Waals surface area (Å²) in [4.78, 5) is 9.08. The van der Waals surface area contributed by atoms with Gasteiger partial charge in [-0.2, -0.15) is 9.97 Å². The molecular formula is C17H24ClN9. The molecule has 0 radical (unpaired) electrons. The van der Waals surface area contributed by atoms with Crippen LogP contribution in [0, 0.1) is 0 Å². The third-order valence-electron chi connectivity index (χ3n) is 3.98. The summed E-state index contributed by atoms with van der Waals surface area (Å²) >= 11 is 6.26. The van der Waals surface area contributed by atoms with Gasteiger partial charge in [0.1, 0.15) is 0 Å². The van der Waals surface area contributed by atoms with Crippen LogP contribution in [0.2, 0.25) is 5.02 Å². The lowest BCUT2D eigenvalue weighted by Crippen LogP contribution is -2.26. The molecule has 6 N–H and O–H groups in total. The first-order chi connectivity index (χ1) is 12.9. The molecule has 10 heteroatoms. The van der Waals surface area contributed by atoms with Crippen molar-refractivity contribution in [3.05, 3.63) is 28.8 Å². The Kier molecular flexibility index (Phi) is 5.62. The smallest absolute Gasteiger partial charge is 0.226 e. The average Bonchev–Trinajstić information content (AvgIpc) is 3.03. The van der Waals surface area contributed by atoms with Crippen LogP contribution >= 0.6 is 11.6 Å². The van der Waals surface area contributed by atoms with Gasteiger partial charge in [-0.05, 0) is 32.9 Å². The van der Waals surface area contributed by atoms with E-state index in [4.69, 9.17) is 23.1 Å². The van der Waals surface area contributed by atoms with Crippen molar-refractivity contribution in [3.63, 3.8) is 0 Å². The third-order valence-corrected chi connectivity index (χ3v) is 4.34. The van der Waals surface area contributed by atoms with Gasteiger partial charge >= 0.3 is 0 Å². The Bertz CT molecular complexity index is 915. The Morgan fingerprint density at radius 1 is 1.19 bits per heavy atom. The molecule has 3 aromatic rings. The van der Waals surface area contributed by atoms with Gasteiger partial charge < -0.3 is 22.1 Å². The SMILES string of the molecule is CC(N)CNc1nc(NCc2c(N)cccc2Cl)c2nnn(C(C)C)c2n1. The van der Waals surface area contributed by atoms with E-state index in [1.165, 1.54) is 0 Å². The standard InChI is InChI=1S/C17H24ClN9/c1-9(2)27-16-14(25-26-27)15(23-17(24-16)22-7-10(3)19)21-8-11-12(18)5-4-6-13(11)20/h4-6,9-10H,7-8,19-20H2,1-3H3,(H2,21,22,23,24). The minimum absolute atomic E-state index is 0.0308. The molecule has 2 heterocycles. The van der Waals surface area contributed by atoms with Crippen molar-refractivity contribution in [2.24, 2.45) is 5.73 Å². The molecule has 1 unspecified atom stereocenters. The lowest BCUT2D eigenvalue weighted by atomic mass is 10.2. The van der Waals surface area contributed by atoms with Crippen LogP contribution in [0.3, 0.4) is 0 Å². The van der Waals surface area contributed by atoms with E-state index in [1.807, 2.05) is 32.9 Å². The summed E-state index contributed by atoms with van der Waals surface area (Å²) < 4.78 is 1.75. The molecule has 9 nitrogen and oxygen atoms in total. The maximum atomic E-state index is 6.26. The molecule has 144 valence electrons. The molecule has 0 bridgehead atoms. The highest BCUT2D eigenvalue weighted by Crippen LogP contribution is 2.26. The van der Waals surface area contributed by atoms with E-state index < -0.39 is 0 Å². The molecule has 0 aliphatic heterocycles. The van der Waals surface area contributed by atoms with Crippen LogP contribution in [0.15, 0.2) is 18.2 Å². The fourth-order valence-corrected chi connectivity index (χ4v) is 2.82. The number of benzene rings is 1. The summed E-state index contributed by atoms with van der Waals surface area (Å²) in [6.07, 6.45) is 0. The summed E-state index contributed by atoms with van der Waals surface area (Å²) in [5.74, 6) is 1.01. The Morgan fingerprint density at radius 2 is 1.96 bits per heavy atom. The number of hydrogen-bond donors (Lipinski definition) is 4. The molecule has 0 saturated carbocycles. The summed E-state index contributed by atoms with van der Waals surface area (Å²) in [6, 6.07) is 5.50. The van der Waals surface area contributed by atoms with E-state index in [1.54, 1.807) is 10.7 Å². The first kappa shape index (κ1) is 19.1. The second-order valence-corrected chi connectivity index (χ2v) is 7.12. The maximum absolute atomic E-state index is 6.26. The minimum atomic E-state index is -0.0308. The van der Waals surface area contributed by atoms with Gasteiger partial charge in [0.15, 0.2) is 17.0 Å². The van der Waals surface area contributed by atoms with Gasteiger partial charge in [-0.3, -0.25) is 0 Å². The zero-order valence-electron chi connectivity index (χ0n) is 15.6. The van der Waals surface area contributed by atoms with Gasteiger partial charge in [-0.25, -0.2) is 4.68 Å². The number of aromatic nitrogens is 5. The van der Waals surface area contributed by atoms with Crippen LogP contribution < -0.4 is 22.1 Å². The van der Waals surface area contributed by atoms with Crippen molar-refractivity contribution in [2.75, 3.05) is 22.9 Å². The number of nitrogens with zero attached hydrogens (tertiary/aromatic N) is 5. The van der Waals surface area contributed by atoms with Gasteiger partial charge in [-0.15, -0.1) is 5.10 Å². The second kappa shape index (κ2) is 7.93. The van der Waals surface area contributed by atoms with Crippen LogP contribution in [-0.4, -0.2) is 37.5 Å². The van der Waals surface area contributed by atoms with E-state index in [-0.39, 0.29) is 12.1 Å². The maximum Gasteiger partial charge on any atom is 0.226 e. The molecule has 0 spiro atoms. The van der Waals surface area contributed by atoms with Crippen molar-refractivity contribution in [1.29, 1.82) is 0 Å². The summed E-state index contributed by atoms with van der Waals surface area (Å²) in [6.45, 7) is 6.89. The number of nitrogens with one attached hydrogen (secondary N) is 2. The number of rotatable bonds is 7. The molecule has 1 atom stereocenters. The normalized spacial score (nSPS) is 12.5. The van der Waals surface area contributed by atoms with Crippen LogP contribution in [0.25, 0.3) is 11.2 Å². The lowest BCUT2D eigenvalue weighted by Gasteiger charge is -2.13. The summed E-state index contributed by atoms with van der Waals surface area (Å²) in [5.41, 5.74) is 14.5. The van der Waals surface area contributed by atoms with Crippen LogP contribution in [0.1, 0.15) is 32.4 Å². The van der Waals surface area contributed by atoms with Gasteiger partial charge in [0.05, 0.1) is 6.04 Å². The van der Waals surface area contributed by atoms with Crippen molar-refractivity contribution in [1.82, 2.24) is 25.0 Å². The van der Waals surface area contributed by atoms with Crippen molar-refractivity contribution >= 4 is 40.2 Å². The quantitative estimate of drug-likeness (QED) is 0.453. The number of fused-ring (bicyclic) bond motifs is 1. The molecule has 0 amide bonds. The zero-order valence-corrected chi connectivity index (χ0v) is 16.3. The average molecular weight is 390 g/mol. The predicted molar refractivity (Wildman–Crippen MR) is 109 cm³/mol. The molecule has 0 aliphatic carbocycles. The molecule has 0 saturated heterocycles. The first-order valence-electron chi connectivity index (χ1n) is 8.76.